The molecule has 22 heavy (non-hydrogen) atoms. The number of fused-ring (bicyclic) bond motifs is 1. The molecule has 124 valence electrons. The SMILES string of the molecule is COCCN1C(=O)CO[C@@H]2CN(C(=O)C3CCOCC3)C[C@H]21. The third kappa shape index (κ3) is 3.11. The molecular formula is C15H24N2O5. The summed E-state index contributed by atoms with van der Waals surface area (Å²) in [5.74, 6) is 0.219. The van der Waals surface area contributed by atoms with Crippen molar-refractivity contribution in [3.63, 3.8) is 0 Å². The molecule has 2 atom stereocenters. The maximum absolute atomic E-state index is 12.6. The van der Waals surface area contributed by atoms with Crippen LogP contribution in [0, 0.1) is 5.92 Å². The molecule has 3 aliphatic rings. The highest BCUT2D eigenvalue weighted by molar-refractivity contribution is 5.81. The molecule has 3 heterocycles. The third-order valence-corrected chi connectivity index (χ3v) is 4.80. The third-order valence-electron chi connectivity index (χ3n) is 4.80. The second-order valence-electron chi connectivity index (χ2n) is 6.13. The lowest BCUT2D eigenvalue weighted by molar-refractivity contribution is -0.153. The quantitative estimate of drug-likeness (QED) is 0.700. The van der Waals surface area contributed by atoms with Crippen molar-refractivity contribution in [2.45, 2.75) is 25.0 Å². The van der Waals surface area contributed by atoms with E-state index >= 15 is 0 Å². The summed E-state index contributed by atoms with van der Waals surface area (Å²) < 4.78 is 16.0. The molecule has 7 nitrogen and oxygen atoms in total. The van der Waals surface area contributed by atoms with Crippen LogP contribution in [0.2, 0.25) is 0 Å². The van der Waals surface area contributed by atoms with Crippen LogP contribution in [0.15, 0.2) is 0 Å². The van der Waals surface area contributed by atoms with Crippen LogP contribution in [0.25, 0.3) is 0 Å². The van der Waals surface area contributed by atoms with Gasteiger partial charge in [-0.3, -0.25) is 9.59 Å². The van der Waals surface area contributed by atoms with Crippen LogP contribution in [0.5, 0.6) is 0 Å². The maximum Gasteiger partial charge on any atom is 0.249 e. The van der Waals surface area contributed by atoms with Crippen molar-refractivity contribution in [3.8, 4) is 0 Å². The minimum absolute atomic E-state index is 0.0151. The Labute approximate surface area is 130 Å². The van der Waals surface area contributed by atoms with Gasteiger partial charge < -0.3 is 24.0 Å². The highest BCUT2D eigenvalue weighted by Gasteiger charge is 2.45. The molecule has 0 spiro atoms. The molecule has 3 fully saturated rings. The fourth-order valence-corrected chi connectivity index (χ4v) is 3.53. The van der Waals surface area contributed by atoms with Crippen LogP contribution < -0.4 is 0 Å². The number of methoxy groups -OCH3 is 1. The Hall–Kier alpha value is -1.18. The summed E-state index contributed by atoms with van der Waals surface area (Å²) in [5.41, 5.74) is 0. The molecular weight excluding hydrogens is 288 g/mol. The number of nitrogens with zero attached hydrogens (tertiary/aromatic N) is 2. The van der Waals surface area contributed by atoms with Gasteiger partial charge in [-0.15, -0.1) is 0 Å². The van der Waals surface area contributed by atoms with Gasteiger partial charge in [0, 0.05) is 45.9 Å². The fraction of sp³-hybridized carbons (Fsp3) is 0.867. The number of rotatable bonds is 4. The molecule has 3 aliphatic heterocycles. The lowest BCUT2D eigenvalue weighted by Gasteiger charge is -2.36. The Morgan fingerprint density at radius 3 is 2.82 bits per heavy atom. The van der Waals surface area contributed by atoms with Gasteiger partial charge in [0.25, 0.3) is 0 Å². The largest absolute Gasteiger partial charge is 0.383 e. The van der Waals surface area contributed by atoms with E-state index in [1.54, 1.807) is 7.11 Å². The molecule has 0 radical (unpaired) electrons. The molecule has 0 saturated carbocycles. The second-order valence-corrected chi connectivity index (χ2v) is 6.13. The van der Waals surface area contributed by atoms with Crippen molar-refractivity contribution < 1.29 is 23.8 Å². The lowest BCUT2D eigenvalue weighted by Crippen LogP contribution is -2.54. The number of amides is 2. The summed E-state index contributed by atoms with van der Waals surface area (Å²) in [4.78, 5) is 28.4. The number of hydrogen-bond acceptors (Lipinski definition) is 5. The first-order valence-electron chi connectivity index (χ1n) is 7.97. The normalized spacial score (nSPS) is 29.8. The molecule has 0 aromatic heterocycles. The number of hydrogen-bond donors (Lipinski definition) is 0. The average molecular weight is 312 g/mol. The van der Waals surface area contributed by atoms with Gasteiger partial charge in [0.05, 0.1) is 18.8 Å². The van der Waals surface area contributed by atoms with E-state index in [9.17, 15) is 9.59 Å². The van der Waals surface area contributed by atoms with E-state index in [2.05, 4.69) is 0 Å². The van der Waals surface area contributed by atoms with E-state index in [-0.39, 0.29) is 36.5 Å². The number of likely N-dealkylation sites (tertiary alicyclic amines) is 1. The molecule has 3 saturated heterocycles. The zero-order chi connectivity index (χ0) is 15.5. The van der Waals surface area contributed by atoms with E-state index in [1.165, 1.54) is 0 Å². The van der Waals surface area contributed by atoms with E-state index in [0.29, 0.717) is 39.5 Å². The van der Waals surface area contributed by atoms with E-state index in [0.717, 1.165) is 12.8 Å². The van der Waals surface area contributed by atoms with Crippen LogP contribution in [0.3, 0.4) is 0 Å². The molecule has 2 amide bonds. The van der Waals surface area contributed by atoms with Crippen molar-refractivity contribution in [3.05, 3.63) is 0 Å². The smallest absolute Gasteiger partial charge is 0.249 e. The van der Waals surface area contributed by atoms with E-state index in [4.69, 9.17) is 14.2 Å². The van der Waals surface area contributed by atoms with Crippen LogP contribution in [-0.2, 0) is 23.8 Å². The van der Waals surface area contributed by atoms with Gasteiger partial charge in [-0.2, -0.15) is 0 Å². The van der Waals surface area contributed by atoms with Gasteiger partial charge in [-0.05, 0) is 12.8 Å². The Morgan fingerprint density at radius 2 is 2.09 bits per heavy atom. The number of morpholine rings is 1. The maximum atomic E-state index is 12.6. The summed E-state index contributed by atoms with van der Waals surface area (Å²) >= 11 is 0. The molecule has 0 bridgehead atoms. The first-order chi connectivity index (χ1) is 10.7. The van der Waals surface area contributed by atoms with Gasteiger partial charge in [0.2, 0.25) is 11.8 Å². The highest BCUT2D eigenvalue weighted by Crippen LogP contribution is 2.26. The molecule has 7 heteroatoms. The van der Waals surface area contributed by atoms with Gasteiger partial charge in [-0.25, -0.2) is 0 Å². The Morgan fingerprint density at radius 1 is 1.32 bits per heavy atom. The van der Waals surface area contributed by atoms with Gasteiger partial charge in [-0.1, -0.05) is 0 Å². The number of carbonyl (C=O) groups is 2. The predicted octanol–water partition coefficient (Wildman–Crippen LogP) is -0.502. The number of carbonyl (C=O) groups excluding carboxylic acids is 2. The topological polar surface area (TPSA) is 68.3 Å². The van der Waals surface area contributed by atoms with Crippen LogP contribution in [0.4, 0.5) is 0 Å². The fourth-order valence-electron chi connectivity index (χ4n) is 3.53. The van der Waals surface area contributed by atoms with Gasteiger partial charge in [0.1, 0.15) is 6.61 Å². The predicted molar refractivity (Wildman–Crippen MR) is 77.2 cm³/mol. The van der Waals surface area contributed by atoms with Crippen LogP contribution in [-0.4, -0.2) is 86.9 Å². The van der Waals surface area contributed by atoms with Crippen molar-refractivity contribution >= 4 is 11.8 Å². The minimum Gasteiger partial charge on any atom is -0.383 e. The number of ether oxygens (including phenoxy) is 3. The van der Waals surface area contributed by atoms with Crippen LogP contribution >= 0.6 is 0 Å². The van der Waals surface area contributed by atoms with Gasteiger partial charge in [0.15, 0.2) is 0 Å². The van der Waals surface area contributed by atoms with E-state index < -0.39 is 0 Å². The highest BCUT2D eigenvalue weighted by atomic mass is 16.5. The molecule has 0 unspecified atom stereocenters. The van der Waals surface area contributed by atoms with Gasteiger partial charge >= 0.3 is 0 Å². The first-order valence-corrected chi connectivity index (χ1v) is 7.97. The summed E-state index contributed by atoms with van der Waals surface area (Å²) in [7, 11) is 1.62. The van der Waals surface area contributed by atoms with Crippen molar-refractivity contribution in [1.29, 1.82) is 0 Å². The molecule has 0 aromatic rings. The zero-order valence-corrected chi connectivity index (χ0v) is 13.0. The second kappa shape index (κ2) is 6.93. The minimum atomic E-state index is -0.0710. The summed E-state index contributed by atoms with van der Waals surface area (Å²) in [6, 6.07) is -0.0415. The van der Waals surface area contributed by atoms with Crippen molar-refractivity contribution in [2.75, 3.05) is 53.2 Å². The summed E-state index contributed by atoms with van der Waals surface area (Å²) in [5, 5.41) is 0. The summed E-state index contributed by atoms with van der Waals surface area (Å²) in [6.45, 7) is 3.62. The zero-order valence-electron chi connectivity index (χ0n) is 13.0. The average Bonchev–Trinajstić information content (AvgIpc) is 2.98. The molecule has 3 rings (SSSR count). The standard InChI is InChI=1S/C15H24N2O5/c1-20-7-4-17-12-8-16(9-13(12)22-10-14(17)18)15(19)11-2-5-21-6-3-11/h11-13H,2-10H2,1H3/t12-,13-/m1/s1. The Kier molecular flexibility index (Phi) is 4.95. The van der Waals surface area contributed by atoms with Crippen molar-refractivity contribution in [1.82, 2.24) is 9.80 Å². The Bertz CT molecular complexity index is 424. The van der Waals surface area contributed by atoms with Crippen LogP contribution in [0.1, 0.15) is 12.8 Å². The lowest BCUT2D eigenvalue weighted by atomic mass is 9.99. The Balaban J connectivity index is 1.63. The molecule has 0 aliphatic carbocycles. The first kappa shape index (κ1) is 15.7. The summed E-state index contributed by atoms with van der Waals surface area (Å²) in [6.07, 6.45) is 1.51. The van der Waals surface area contributed by atoms with Crippen molar-refractivity contribution in [2.24, 2.45) is 5.92 Å². The monoisotopic (exact) mass is 312 g/mol. The molecule has 0 N–H and O–H groups in total. The van der Waals surface area contributed by atoms with E-state index in [1.807, 2.05) is 9.80 Å². The molecule has 0 aromatic carbocycles.